The molecule has 0 aliphatic heterocycles. The second-order valence-electron chi connectivity index (χ2n) is 6.61. The molecule has 0 bridgehead atoms. The molecule has 110 valence electrons. The number of carbonyl (C=O) groups excluding carboxylic acids is 1. The number of nitrogens with zero attached hydrogens (tertiary/aromatic N) is 1. The van der Waals surface area contributed by atoms with Crippen LogP contribution in [0.15, 0.2) is 0 Å². The zero-order valence-electron chi connectivity index (χ0n) is 12.5. The molecule has 0 aromatic heterocycles. The molecule has 3 N–H and O–H groups in total. The fourth-order valence-electron chi connectivity index (χ4n) is 3.62. The van der Waals surface area contributed by atoms with Crippen LogP contribution in [-0.2, 0) is 4.79 Å². The van der Waals surface area contributed by atoms with Crippen molar-refractivity contribution in [1.29, 1.82) is 0 Å². The molecule has 0 saturated heterocycles. The van der Waals surface area contributed by atoms with Gasteiger partial charge >= 0.3 is 0 Å². The smallest absolute Gasteiger partial charge is 0.240 e. The first kappa shape index (κ1) is 14.8. The Bertz CT molecular complexity index is 311. The summed E-state index contributed by atoms with van der Waals surface area (Å²) in [6.07, 6.45) is 9.83. The SMILES string of the molecule is CN(C)[C@H]1CCCC[C@H]1NC(=O)C1(N)CCCCC1. The Hall–Kier alpha value is -0.610. The summed E-state index contributed by atoms with van der Waals surface area (Å²) in [5.41, 5.74) is 5.71. The van der Waals surface area contributed by atoms with Crippen molar-refractivity contribution >= 4 is 5.91 Å². The molecule has 0 unspecified atom stereocenters. The summed E-state index contributed by atoms with van der Waals surface area (Å²) in [7, 11) is 4.21. The summed E-state index contributed by atoms with van der Waals surface area (Å²) in [5.74, 6) is 0.0888. The van der Waals surface area contributed by atoms with Gasteiger partial charge in [0, 0.05) is 12.1 Å². The van der Waals surface area contributed by atoms with E-state index in [0.29, 0.717) is 6.04 Å². The zero-order valence-corrected chi connectivity index (χ0v) is 12.5. The lowest BCUT2D eigenvalue weighted by molar-refractivity contribution is -0.129. The molecule has 4 heteroatoms. The lowest BCUT2D eigenvalue weighted by Gasteiger charge is -2.39. The molecule has 2 aliphatic rings. The van der Waals surface area contributed by atoms with Gasteiger partial charge in [-0.1, -0.05) is 32.1 Å². The van der Waals surface area contributed by atoms with Crippen LogP contribution in [0, 0.1) is 0 Å². The molecule has 0 heterocycles. The number of amides is 1. The molecule has 0 radical (unpaired) electrons. The van der Waals surface area contributed by atoms with Crippen molar-refractivity contribution in [2.24, 2.45) is 5.73 Å². The van der Waals surface area contributed by atoms with Crippen molar-refractivity contribution in [3.05, 3.63) is 0 Å². The summed E-state index contributed by atoms with van der Waals surface area (Å²) < 4.78 is 0. The lowest BCUT2D eigenvalue weighted by atomic mass is 9.81. The van der Waals surface area contributed by atoms with E-state index >= 15 is 0 Å². The molecule has 4 nitrogen and oxygen atoms in total. The van der Waals surface area contributed by atoms with E-state index in [2.05, 4.69) is 24.3 Å². The van der Waals surface area contributed by atoms with Gasteiger partial charge in [-0.05, 0) is 39.8 Å². The second-order valence-corrected chi connectivity index (χ2v) is 6.61. The number of carbonyl (C=O) groups is 1. The van der Waals surface area contributed by atoms with Crippen LogP contribution in [0.1, 0.15) is 57.8 Å². The van der Waals surface area contributed by atoms with Crippen LogP contribution in [0.2, 0.25) is 0 Å². The molecule has 2 aliphatic carbocycles. The maximum atomic E-state index is 12.5. The van der Waals surface area contributed by atoms with Crippen LogP contribution < -0.4 is 11.1 Å². The Morgan fingerprint density at radius 3 is 2.37 bits per heavy atom. The first-order valence-electron chi connectivity index (χ1n) is 7.79. The Morgan fingerprint density at radius 2 is 1.74 bits per heavy atom. The molecule has 2 rings (SSSR count). The molecule has 1 amide bonds. The number of hydrogen-bond acceptors (Lipinski definition) is 3. The predicted octanol–water partition coefficient (Wildman–Crippen LogP) is 1.64. The van der Waals surface area contributed by atoms with E-state index < -0.39 is 5.54 Å². The largest absolute Gasteiger partial charge is 0.350 e. The van der Waals surface area contributed by atoms with Crippen LogP contribution in [0.25, 0.3) is 0 Å². The standard InChI is InChI=1S/C15H29N3O/c1-18(2)13-9-5-4-8-12(13)17-14(19)15(16)10-6-3-7-11-15/h12-13H,3-11,16H2,1-2H3,(H,17,19)/t12-,13+/m1/s1. The Kier molecular flexibility index (Phi) is 4.85. The molecular weight excluding hydrogens is 238 g/mol. The number of likely N-dealkylation sites (N-methyl/N-ethyl adjacent to an activating group) is 1. The maximum Gasteiger partial charge on any atom is 0.240 e. The van der Waals surface area contributed by atoms with Gasteiger partial charge in [0.2, 0.25) is 5.91 Å². The topological polar surface area (TPSA) is 58.4 Å². The van der Waals surface area contributed by atoms with E-state index in [1.54, 1.807) is 0 Å². The van der Waals surface area contributed by atoms with E-state index in [9.17, 15) is 4.79 Å². The van der Waals surface area contributed by atoms with Crippen LogP contribution >= 0.6 is 0 Å². The highest BCUT2D eigenvalue weighted by molar-refractivity contribution is 5.86. The summed E-state index contributed by atoms with van der Waals surface area (Å²) in [5, 5.41) is 3.25. The molecule has 19 heavy (non-hydrogen) atoms. The van der Waals surface area contributed by atoms with Crippen LogP contribution in [-0.4, -0.2) is 42.5 Å². The van der Waals surface area contributed by atoms with Crippen LogP contribution in [0.4, 0.5) is 0 Å². The van der Waals surface area contributed by atoms with E-state index in [-0.39, 0.29) is 11.9 Å². The summed E-state index contributed by atoms with van der Waals surface area (Å²) in [6, 6.07) is 0.739. The number of rotatable bonds is 3. The Morgan fingerprint density at radius 1 is 1.11 bits per heavy atom. The molecule has 2 fully saturated rings. The van der Waals surface area contributed by atoms with E-state index in [1.807, 2.05) is 0 Å². The molecule has 2 atom stereocenters. The molecule has 0 aromatic carbocycles. The van der Waals surface area contributed by atoms with Crippen molar-refractivity contribution < 1.29 is 4.79 Å². The van der Waals surface area contributed by atoms with Gasteiger partial charge in [0.1, 0.15) is 0 Å². The maximum absolute atomic E-state index is 12.5. The average Bonchev–Trinajstić information content (AvgIpc) is 2.40. The fourth-order valence-corrected chi connectivity index (χ4v) is 3.62. The van der Waals surface area contributed by atoms with E-state index in [0.717, 1.165) is 32.1 Å². The lowest BCUT2D eigenvalue weighted by Crippen LogP contribution is -2.60. The monoisotopic (exact) mass is 267 g/mol. The first-order valence-corrected chi connectivity index (χ1v) is 7.79. The number of hydrogen-bond donors (Lipinski definition) is 2. The third kappa shape index (κ3) is 3.48. The normalized spacial score (nSPS) is 31.2. The summed E-state index contributed by atoms with van der Waals surface area (Å²) in [4.78, 5) is 14.7. The van der Waals surface area contributed by atoms with E-state index in [1.165, 1.54) is 25.7 Å². The minimum absolute atomic E-state index is 0.0888. The van der Waals surface area contributed by atoms with Gasteiger partial charge in [0.05, 0.1) is 5.54 Å². The fraction of sp³-hybridized carbons (Fsp3) is 0.933. The molecular formula is C15H29N3O. The number of nitrogens with two attached hydrogens (primary N) is 1. The highest BCUT2D eigenvalue weighted by Crippen LogP contribution is 2.27. The van der Waals surface area contributed by atoms with Crippen molar-refractivity contribution in [2.75, 3.05) is 14.1 Å². The predicted molar refractivity (Wildman–Crippen MR) is 77.9 cm³/mol. The highest BCUT2D eigenvalue weighted by atomic mass is 16.2. The van der Waals surface area contributed by atoms with Crippen molar-refractivity contribution in [3.63, 3.8) is 0 Å². The second kappa shape index (κ2) is 6.23. The van der Waals surface area contributed by atoms with Gasteiger partial charge < -0.3 is 16.0 Å². The summed E-state index contributed by atoms with van der Waals surface area (Å²) >= 11 is 0. The Labute approximate surface area is 117 Å². The molecule has 0 aromatic rings. The van der Waals surface area contributed by atoms with Crippen LogP contribution in [0.5, 0.6) is 0 Å². The minimum Gasteiger partial charge on any atom is -0.350 e. The van der Waals surface area contributed by atoms with Gasteiger partial charge in [0.25, 0.3) is 0 Å². The molecule has 2 saturated carbocycles. The molecule has 0 spiro atoms. The summed E-state index contributed by atoms with van der Waals surface area (Å²) in [6.45, 7) is 0. The van der Waals surface area contributed by atoms with Crippen LogP contribution in [0.3, 0.4) is 0 Å². The zero-order chi connectivity index (χ0) is 13.9. The van der Waals surface area contributed by atoms with Gasteiger partial charge in [-0.25, -0.2) is 0 Å². The van der Waals surface area contributed by atoms with Crippen molar-refractivity contribution in [2.45, 2.75) is 75.4 Å². The quantitative estimate of drug-likeness (QED) is 0.817. The third-order valence-corrected chi connectivity index (χ3v) is 4.91. The van der Waals surface area contributed by atoms with Gasteiger partial charge in [-0.2, -0.15) is 0 Å². The Balaban J connectivity index is 1.96. The third-order valence-electron chi connectivity index (χ3n) is 4.91. The number of nitrogens with one attached hydrogen (secondary N) is 1. The van der Waals surface area contributed by atoms with Gasteiger partial charge in [-0.3, -0.25) is 4.79 Å². The minimum atomic E-state index is -0.605. The average molecular weight is 267 g/mol. The van der Waals surface area contributed by atoms with Gasteiger partial charge in [0.15, 0.2) is 0 Å². The van der Waals surface area contributed by atoms with E-state index in [4.69, 9.17) is 5.73 Å². The van der Waals surface area contributed by atoms with Gasteiger partial charge in [-0.15, -0.1) is 0 Å². The first-order chi connectivity index (χ1) is 9.03. The van der Waals surface area contributed by atoms with Crippen molar-refractivity contribution in [3.8, 4) is 0 Å². The highest BCUT2D eigenvalue weighted by Gasteiger charge is 2.38. The van der Waals surface area contributed by atoms with Crippen molar-refractivity contribution in [1.82, 2.24) is 10.2 Å².